The molecule has 1 aliphatic rings. The molecule has 0 amide bonds. The Balaban J connectivity index is 2.52. The average molecular weight is 210 g/mol. The Morgan fingerprint density at radius 1 is 1.21 bits per heavy atom. The van der Waals surface area contributed by atoms with E-state index in [1.54, 1.807) is 0 Å². The van der Waals surface area contributed by atoms with Gasteiger partial charge in [-0.15, -0.1) is 0 Å². The molecule has 0 bridgehead atoms. The Hall–Kier alpha value is -0.290. The van der Waals surface area contributed by atoms with Gasteiger partial charge in [-0.2, -0.15) is 13.2 Å². The number of halogens is 3. The molecule has 2 N–H and O–H groups in total. The Bertz CT molecular complexity index is 170. The summed E-state index contributed by atoms with van der Waals surface area (Å²) in [6.07, 6.45) is -0.433. The van der Waals surface area contributed by atoms with E-state index in [-0.39, 0.29) is 6.04 Å². The maximum Gasteiger partial charge on any atom is 0.401 e. The van der Waals surface area contributed by atoms with Gasteiger partial charge in [0.1, 0.15) is 0 Å². The van der Waals surface area contributed by atoms with Crippen molar-refractivity contribution in [1.82, 2.24) is 4.90 Å². The molecule has 2 nitrogen and oxygen atoms in total. The lowest BCUT2D eigenvalue weighted by atomic mass is 10.1. The lowest BCUT2D eigenvalue weighted by molar-refractivity contribution is -0.150. The van der Waals surface area contributed by atoms with Crippen LogP contribution in [0.15, 0.2) is 0 Å². The number of hydrogen-bond donors (Lipinski definition) is 1. The van der Waals surface area contributed by atoms with Crippen LogP contribution in [-0.2, 0) is 0 Å². The van der Waals surface area contributed by atoms with E-state index in [0.29, 0.717) is 13.1 Å². The van der Waals surface area contributed by atoms with E-state index < -0.39 is 12.7 Å². The second-order valence-electron chi connectivity index (χ2n) is 3.82. The van der Waals surface area contributed by atoms with Crippen LogP contribution in [0.4, 0.5) is 13.2 Å². The van der Waals surface area contributed by atoms with E-state index in [1.807, 2.05) is 0 Å². The average Bonchev–Trinajstić information content (AvgIpc) is 2.27. The van der Waals surface area contributed by atoms with Crippen LogP contribution < -0.4 is 5.73 Å². The summed E-state index contributed by atoms with van der Waals surface area (Å²) >= 11 is 0. The smallest absolute Gasteiger partial charge is 0.329 e. The standard InChI is InChI=1S/C9H17F3N2/c10-9(11,12)7-14-5-3-1-2-4-8(14)6-13/h8H,1-7,13H2. The van der Waals surface area contributed by atoms with Crippen LogP contribution in [0.25, 0.3) is 0 Å². The van der Waals surface area contributed by atoms with Crippen molar-refractivity contribution in [2.75, 3.05) is 19.6 Å². The number of alkyl halides is 3. The molecule has 1 rings (SSSR count). The quantitative estimate of drug-likeness (QED) is 0.752. The van der Waals surface area contributed by atoms with Gasteiger partial charge in [-0.3, -0.25) is 4.90 Å². The fourth-order valence-electron chi connectivity index (χ4n) is 1.94. The van der Waals surface area contributed by atoms with Gasteiger partial charge in [-0.1, -0.05) is 12.8 Å². The molecule has 1 saturated heterocycles. The first kappa shape index (κ1) is 11.8. The zero-order valence-electron chi connectivity index (χ0n) is 8.19. The van der Waals surface area contributed by atoms with Crippen LogP contribution in [-0.4, -0.2) is 36.8 Å². The van der Waals surface area contributed by atoms with E-state index >= 15 is 0 Å². The molecular formula is C9H17F3N2. The molecule has 0 aliphatic carbocycles. The molecule has 1 aliphatic heterocycles. The molecule has 1 fully saturated rings. The Kier molecular flexibility index (Phi) is 4.19. The Morgan fingerprint density at radius 2 is 1.93 bits per heavy atom. The minimum atomic E-state index is -4.10. The van der Waals surface area contributed by atoms with Crippen LogP contribution >= 0.6 is 0 Å². The third-order valence-corrected chi connectivity index (χ3v) is 2.65. The van der Waals surface area contributed by atoms with Crippen molar-refractivity contribution >= 4 is 0 Å². The monoisotopic (exact) mass is 210 g/mol. The molecule has 0 aromatic rings. The summed E-state index contributed by atoms with van der Waals surface area (Å²) in [7, 11) is 0. The van der Waals surface area contributed by atoms with Crippen LogP contribution in [0.1, 0.15) is 25.7 Å². The molecule has 84 valence electrons. The molecule has 14 heavy (non-hydrogen) atoms. The summed E-state index contributed by atoms with van der Waals surface area (Å²) in [5.41, 5.74) is 5.47. The minimum absolute atomic E-state index is 0.0841. The number of nitrogens with two attached hydrogens (primary N) is 1. The van der Waals surface area contributed by atoms with E-state index in [9.17, 15) is 13.2 Å². The second-order valence-corrected chi connectivity index (χ2v) is 3.82. The fourth-order valence-corrected chi connectivity index (χ4v) is 1.94. The van der Waals surface area contributed by atoms with Crippen molar-refractivity contribution < 1.29 is 13.2 Å². The van der Waals surface area contributed by atoms with E-state index in [2.05, 4.69) is 0 Å². The molecule has 5 heteroatoms. The summed E-state index contributed by atoms with van der Waals surface area (Å²) in [5.74, 6) is 0. The highest BCUT2D eigenvalue weighted by atomic mass is 19.4. The summed E-state index contributed by atoms with van der Waals surface area (Å²) in [5, 5.41) is 0. The van der Waals surface area contributed by atoms with E-state index in [1.165, 1.54) is 4.90 Å². The minimum Gasteiger partial charge on any atom is -0.329 e. The van der Waals surface area contributed by atoms with Crippen molar-refractivity contribution in [3.05, 3.63) is 0 Å². The Morgan fingerprint density at radius 3 is 2.50 bits per heavy atom. The third-order valence-electron chi connectivity index (χ3n) is 2.65. The first-order valence-electron chi connectivity index (χ1n) is 5.04. The van der Waals surface area contributed by atoms with Crippen LogP contribution in [0, 0.1) is 0 Å². The van der Waals surface area contributed by atoms with Crippen LogP contribution in [0.5, 0.6) is 0 Å². The highest BCUT2D eigenvalue weighted by Crippen LogP contribution is 2.22. The lowest BCUT2D eigenvalue weighted by Gasteiger charge is -2.29. The van der Waals surface area contributed by atoms with Gasteiger partial charge in [0.25, 0.3) is 0 Å². The predicted octanol–water partition coefficient (Wildman–Crippen LogP) is 1.75. The van der Waals surface area contributed by atoms with Crippen molar-refractivity contribution in [2.24, 2.45) is 5.73 Å². The summed E-state index contributed by atoms with van der Waals surface area (Å²) in [4.78, 5) is 1.48. The molecular weight excluding hydrogens is 193 g/mol. The van der Waals surface area contributed by atoms with Gasteiger partial charge in [0.15, 0.2) is 0 Å². The molecule has 0 aromatic carbocycles. The Labute approximate surface area is 82.2 Å². The zero-order valence-corrected chi connectivity index (χ0v) is 8.19. The molecule has 1 heterocycles. The molecule has 0 spiro atoms. The highest BCUT2D eigenvalue weighted by molar-refractivity contribution is 4.77. The summed E-state index contributed by atoms with van der Waals surface area (Å²) in [6, 6.07) is -0.0841. The van der Waals surface area contributed by atoms with Crippen LogP contribution in [0.2, 0.25) is 0 Å². The topological polar surface area (TPSA) is 29.3 Å². The van der Waals surface area contributed by atoms with Gasteiger partial charge in [0, 0.05) is 12.6 Å². The maximum absolute atomic E-state index is 12.2. The number of likely N-dealkylation sites (tertiary alicyclic amines) is 1. The lowest BCUT2D eigenvalue weighted by Crippen LogP contribution is -2.45. The molecule has 1 unspecified atom stereocenters. The normalized spacial score (nSPS) is 26.1. The first-order valence-corrected chi connectivity index (χ1v) is 5.04. The van der Waals surface area contributed by atoms with E-state index in [0.717, 1.165) is 25.7 Å². The fraction of sp³-hybridized carbons (Fsp3) is 1.00. The summed E-state index contributed by atoms with van der Waals surface area (Å²) < 4.78 is 36.6. The maximum atomic E-state index is 12.2. The molecule has 0 radical (unpaired) electrons. The van der Waals surface area contributed by atoms with Gasteiger partial charge in [-0.05, 0) is 19.4 Å². The van der Waals surface area contributed by atoms with Crippen molar-refractivity contribution in [1.29, 1.82) is 0 Å². The largest absolute Gasteiger partial charge is 0.401 e. The number of nitrogens with zero attached hydrogens (tertiary/aromatic N) is 1. The zero-order chi connectivity index (χ0) is 10.6. The van der Waals surface area contributed by atoms with Crippen molar-refractivity contribution in [2.45, 2.75) is 37.9 Å². The highest BCUT2D eigenvalue weighted by Gasteiger charge is 2.33. The van der Waals surface area contributed by atoms with Crippen LogP contribution in [0.3, 0.4) is 0 Å². The van der Waals surface area contributed by atoms with E-state index in [4.69, 9.17) is 5.73 Å². The summed E-state index contributed by atoms with van der Waals surface area (Å²) in [6.45, 7) is 0.0479. The van der Waals surface area contributed by atoms with Gasteiger partial charge < -0.3 is 5.73 Å². The molecule has 1 atom stereocenters. The van der Waals surface area contributed by atoms with Gasteiger partial charge >= 0.3 is 6.18 Å². The molecule has 0 saturated carbocycles. The number of hydrogen-bond acceptors (Lipinski definition) is 2. The van der Waals surface area contributed by atoms with Gasteiger partial charge in [-0.25, -0.2) is 0 Å². The second kappa shape index (κ2) is 4.98. The van der Waals surface area contributed by atoms with Gasteiger partial charge in [0.05, 0.1) is 6.54 Å². The first-order chi connectivity index (χ1) is 6.53. The van der Waals surface area contributed by atoms with Crippen molar-refractivity contribution in [3.8, 4) is 0 Å². The van der Waals surface area contributed by atoms with Gasteiger partial charge in [0.2, 0.25) is 0 Å². The molecule has 0 aromatic heterocycles. The SMILES string of the molecule is NCC1CCCCCN1CC(F)(F)F. The van der Waals surface area contributed by atoms with Crippen molar-refractivity contribution in [3.63, 3.8) is 0 Å². The number of rotatable bonds is 2. The third kappa shape index (κ3) is 3.84. The predicted molar refractivity (Wildman–Crippen MR) is 48.9 cm³/mol.